The molecule has 1 aromatic heterocycles. The Bertz CT molecular complexity index is 911. The van der Waals surface area contributed by atoms with Crippen molar-refractivity contribution in [2.45, 2.75) is 9.24 Å². The van der Waals surface area contributed by atoms with E-state index >= 15 is 0 Å². The molecule has 2 aromatic carbocycles. The second-order valence-electron chi connectivity index (χ2n) is 4.47. The number of nitriles is 2. The van der Waals surface area contributed by atoms with Gasteiger partial charge in [-0.25, -0.2) is 4.98 Å². The first-order chi connectivity index (χ1) is 11.3. The fraction of sp³-hybridized carbons (Fsp3) is 0. The van der Waals surface area contributed by atoms with Gasteiger partial charge in [-0.3, -0.25) is 0 Å². The van der Waals surface area contributed by atoms with Crippen molar-refractivity contribution in [1.82, 2.24) is 4.98 Å². The van der Waals surface area contributed by atoms with Gasteiger partial charge in [0.25, 0.3) is 0 Å². The Kier molecular flexibility index (Phi) is 4.58. The van der Waals surface area contributed by atoms with Crippen LogP contribution in [0.4, 0.5) is 5.69 Å². The molecule has 0 amide bonds. The van der Waals surface area contributed by atoms with Crippen molar-refractivity contribution < 1.29 is 0 Å². The molecule has 3 aromatic rings. The first-order valence-corrected chi connectivity index (χ1v) is 8.33. The third-order valence-corrected chi connectivity index (χ3v) is 5.14. The Hall–Kier alpha value is -2.80. The van der Waals surface area contributed by atoms with Crippen LogP contribution in [0.15, 0.2) is 69.5 Å². The maximum atomic E-state index is 8.79. The van der Waals surface area contributed by atoms with E-state index in [4.69, 9.17) is 10.5 Å². The summed E-state index contributed by atoms with van der Waals surface area (Å²) in [6, 6.07) is 19.4. The van der Waals surface area contributed by atoms with Crippen LogP contribution in [-0.4, -0.2) is 4.98 Å². The van der Waals surface area contributed by atoms with Gasteiger partial charge in [-0.2, -0.15) is 10.5 Å². The van der Waals surface area contributed by atoms with Gasteiger partial charge in [-0.05, 0) is 24.3 Å². The number of anilines is 1. The summed E-state index contributed by atoms with van der Waals surface area (Å²) in [6.07, 6.45) is 1.41. The van der Waals surface area contributed by atoms with Gasteiger partial charge in [-0.15, -0.1) is 11.3 Å². The van der Waals surface area contributed by atoms with Crippen molar-refractivity contribution in [2.24, 2.45) is 0 Å². The molecular weight excluding hydrogens is 324 g/mol. The zero-order valence-corrected chi connectivity index (χ0v) is 13.5. The lowest BCUT2D eigenvalue weighted by Gasteiger charge is -2.06. The number of aromatic nitrogens is 1. The van der Waals surface area contributed by atoms with E-state index in [-0.39, 0.29) is 5.57 Å². The summed E-state index contributed by atoms with van der Waals surface area (Å²) in [6.45, 7) is 0. The van der Waals surface area contributed by atoms with Crippen LogP contribution in [0, 0.1) is 22.7 Å². The lowest BCUT2D eigenvalue weighted by molar-refractivity contribution is 1.29. The molecule has 4 nitrogen and oxygen atoms in total. The fourth-order valence-corrected chi connectivity index (χ4v) is 4.02. The van der Waals surface area contributed by atoms with E-state index in [2.05, 4.69) is 16.4 Å². The second kappa shape index (κ2) is 6.97. The molecule has 0 saturated carbocycles. The average Bonchev–Trinajstić information content (AvgIpc) is 2.99. The molecule has 0 aliphatic heterocycles. The first-order valence-electron chi connectivity index (χ1n) is 6.69. The Morgan fingerprint density at radius 2 is 1.83 bits per heavy atom. The lowest BCUT2D eigenvalue weighted by atomic mass is 10.3. The maximum Gasteiger partial charge on any atom is 0.155 e. The molecule has 3 rings (SSSR count). The lowest BCUT2D eigenvalue weighted by Crippen LogP contribution is -1.91. The van der Waals surface area contributed by atoms with Crippen molar-refractivity contribution in [3.63, 3.8) is 0 Å². The number of allylic oxidation sites excluding steroid dienone is 1. The van der Waals surface area contributed by atoms with Crippen LogP contribution in [0.1, 0.15) is 0 Å². The number of rotatable bonds is 4. The van der Waals surface area contributed by atoms with Crippen molar-refractivity contribution in [3.05, 3.63) is 60.3 Å². The molecule has 0 radical (unpaired) electrons. The van der Waals surface area contributed by atoms with Crippen LogP contribution in [-0.2, 0) is 0 Å². The number of para-hydroxylation sites is 2. The predicted octanol–water partition coefficient (Wildman–Crippen LogP) is 4.79. The number of hydrogen-bond donors (Lipinski definition) is 1. The molecule has 0 unspecified atom stereocenters. The molecule has 0 bridgehead atoms. The minimum absolute atomic E-state index is 0.0322. The van der Waals surface area contributed by atoms with Gasteiger partial charge in [-0.1, -0.05) is 36.0 Å². The van der Waals surface area contributed by atoms with Gasteiger partial charge >= 0.3 is 0 Å². The van der Waals surface area contributed by atoms with Crippen molar-refractivity contribution in [1.29, 1.82) is 10.5 Å². The molecule has 1 heterocycles. The minimum Gasteiger partial charge on any atom is -0.359 e. The number of thiazole rings is 1. The summed E-state index contributed by atoms with van der Waals surface area (Å²) in [5.41, 5.74) is 1.85. The molecule has 23 heavy (non-hydrogen) atoms. The molecule has 6 heteroatoms. The fourth-order valence-electron chi connectivity index (χ4n) is 1.90. The van der Waals surface area contributed by atoms with E-state index in [1.54, 1.807) is 23.1 Å². The van der Waals surface area contributed by atoms with E-state index < -0.39 is 0 Å². The molecule has 1 N–H and O–H groups in total. The molecule has 0 aliphatic carbocycles. The number of fused-ring (bicyclic) bond motifs is 1. The topological polar surface area (TPSA) is 72.5 Å². The van der Waals surface area contributed by atoms with Crippen LogP contribution >= 0.6 is 23.1 Å². The highest BCUT2D eigenvalue weighted by Crippen LogP contribution is 2.37. The third-order valence-electron chi connectivity index (χ3n) is 2.97. The molecule has 0 atom stereocenters. The van der Waals surface area contributed by atoms with Crippen LogP contribution in [0.25, 0.3) is 10.2 Å². The Labute approximate surface area is 141 Å². The average molecular weight is 334 g/mol. The quantitative estimate of drug-likeness (QED) is 0.694. The summed E-state index contributed by atoms with van der Waals surface area (Å²) >= 11 is 3.19. The molecule has 0 saturated heterocycles. The first kappa shape index (κ1) is 15.1. The van der Waals surface area contributed by atoms with Gasteiger partial charge in [0.15, 0.2) is 4.34 Å². The molecule has 0 spiro atoms. The molecule has 0 aliphatic rings. The van der Waals surface area contributed by atoms with E-state index in [0.717, 1.165) is 25.1 Å². The van der Waals surface area contributed by atoms with E-state index in [1.807, 2.05) is 54.6 Å². The zero-order valence-electron chi connectivity index (χ0n) is 11.9. The van der Waals surface area contributed by atoms with Gasteiger partial charge in [0.2, 0.25) is 0 Å². The van der Waals surface area contributed by atoms with Crippen molar-refractivity contribution in [3.8, 4) is 12.1 Å². The van der Waals surface area contributed by atoms with Crippen LogP contribution in [0.2, 0.25) is 0 Å². The van der Waals surface area contributed by atoms with Crippen molar-refractivity contribution in [2.75, 3.05) is 5.32 Å². The highest BCUT2D eigenvalue weighted by atomic mass is 32.2. The van der Waals surface area contributed by atoms with Gasteiger partial charge in [0.05, 0.1) is 15.9 Å². The SMILES string of the molecule is N#CC(C#N)=CNc1ccccc1Sc1nc2ccccc2s1. The van der Waals surface area contributed by atoms with Gasteiger partial charge < -0.3 is 5.32 Å². The second-order valence-corrected chi connectivity index (χ2v) is 6.79. The number of hydrogen-bond acceptors (Lipinski definition) is 6. The van der Waals surface area contributed by atoms with E-state index in [0.29, 0.717) is 0 Å². The highest BCUT2D eigenvalue weighted by molar-refractivity contribution is 8.01. The van der Waals surface area contributed by atoms with Crippen molar-refractivity contribution >= 4 is 39.0 Å². The normalized spacial score (nSPS) is 9.83. The minimum atomic E-state index is 0.0322. The zero-order chi connectivity index (χ0) is 16.1. The monoisotopic (exact) mass is 334 g/mol. The van der Waals surface area contributed by atoms with Gasteiger partial charge in [0.1, 0.15) is 17.7 Å². The molecular formula is C17H10N4S2. The summed E-state index contributed by atoms with van der Waals surface area (Å²) in [7, 11) is 0. The highest BCUT2D eigenvalue weighted by Gasteiger charge is 2.08. The summed E-state index contributed by atoms with van der Waals surface area (Å²) in [5.74, 6) is 0. The standard InChI is InChI=1S/C17H10N4S2/c18-9-12(10-19)11-20-13-5-1-3-7-15(13)22-17-21-14-6-2-4-8-16(14)23-17/h1-8,11,20H. The molecule has 110 valence electrons. The summed E-state index contributed by atoms with van der Waals surface area (Å²) < 4.78 is 2.10. The largest absolute Gasteiger partial charge is 0.359 e. The van der Waals surface area contributed by atoms with E-state index in [1.165, 1.54) is 6.20 Å². The van der Waals surface area contributed by atoms with E-state index in [9.17, 15) is 0 Å². The predicted molar refractivity (Wildman–Crippen MR) is 93.1 cm³/mol. The molecule has 0 fully saturated rings. The number of nitrogens with one attached hydrogen (secondary N) is 1. The van der Waals surface area contributed by atoms with Crippen LogP contribution < -0.4 is 5.32 Å². The summed E-state index contributed by atoms with van der Waals surface area (Å²) in [4.78, 5) is 5.59. The Balaban J connectivity index is 1.87. The Morgan fingerprint density at radius 3 is 2.61 bits per heavy atom. The van der Waals surface area contributed by atoms with Gasteiger partial charge in [0, 0.05) is 11.1 Å². The third kappa shape index (κ3) is 3.51. The number of benzene rings is 2. The smallest absolute Gasteiger partial charge is 0.155 e. The maximum absolute atomic E-state index is 8.79. The summed E-state index contributed by atoms with van der Waals surface area (Å²) in [5, 5.41) is 20.6. The Morgan fingerprint density at radius 1 is 1.09 bits per heavy atom. The van der Waals surface area contributed by atoms with Crippen LogP contribution in [0.3, 0.4) is 0 Å². The van der Waals surface area contributed by atoms with Crippen LogP contribution in [0.5, 0.6) is 0 Å². The number of nitrogens with zero attached hydrogens (tertiary/aromatic N) is 3.